The predicted octanol–water partition coefficient (Wildman–Crippen LogP) is 2.38. The number of benzene rings is 1. The SMILES string of the molecule is CC1Oc2cc(F)ccc2C1NC(=O)N1CCCCO1. The highest BCUT2D eigenvalue weighted by atomic mass is 19.1. The van der Waals surface area contributed by atoms with Gasteiger partial charge in [0.1, 0.15) is 17.7 Å². The molecule has 3 rings (SSSR count). The second-order valence-electron chi connectivity index (χ2n) is 5.07. The van der Waals surface area contributed by atoms with Crippen LogP contribution in [-0.4, -0.2) is 30.3 Å². The first kappa shape index (κ1) is 13.2. The maximum atomic E-state index is 13.2. The van der Waals surface area contributed by atoms with Crippen LogP contribution in [0.25, 0.3) is 0 Å². The number of carbonyl (C=O) groups is 1. The van der Waals surface area contributed by atoms with Gasteiger partial charge in [-0.1, -0.05) is 6.07 Å². The number of rotatable bonds is 1. The summed E-state index contributed by atoms with van der Waals surface area (Å²) in [6.07, 6.45) is 1.67. The van der Waals surface area contributed by atoms with Gasteiger partial charge in [0, 0.05) is 11.6 Å². The fourth-order valence-corrected chi connectivity index (χ4v) is 2.55. The standard InChI is InChI=1S/C14H17FN2O3/c1-9-13(11-5-4-10(15)8-12(11)20-9)16-14(18)17-6-2-3-7-19-17/h4-5,8-9,13H,2-3,6-7H2,1H3,(H,16,18). The van der Waals surface area contributed by atoms with E-state index in [1.54, 1.807) is 6.07 Å². The van der Waals surface area contributed by atoms with Crippen molar-refractivity contribution in [3.8, 4) is 5.75 Å². The van der Waals surface area contributed by atoms with E-state index in [0.717, 1.165) is 18.4 Å². The zero-order valence-electron chi connectivity index (χ0n) is 11.3. The molecule has 2 aliphatic rings. The first-order valence-electron chi connectivity index (χ1n) is 6.82. The van der Waals surface area contributed by atoms with E-state index in [1.165, 1.54) is 17.2 Å². The molecule has 1 N–H and O–H groups in total. The van der Waals surface area contributed by atoms with Gasteiger partial charge in [-0.15, -0.1) is 0 Å². The molecular weight excluding hydrogens is 263 g/mol. The number of hydrogen-bond donors (Lipinski definition) is 1. The molecule has 0 bridgehead atoms. The van der Waals surface area contributed by atoms with Crippen molar-refractivity contribution in [2.24, 2.45) is 0 Å². The molecule has 1 saturated heterocycles. The zero-order chi connectivity index (χ0) is 14.1. The topological polar surface area (TPSA) is 50.8 Å². The normalized spacial score (nSPS) is 25.0. The van der Waals surface area contributed by atoms with Crippen LogP contribution in [-0.2, 0) is 4.84 Å². The van der Waals surface area contributed by atoms with Crippen LogP contribution < -0.4 is 10.1 Å². The van der Waals surface area contributed by atoms with Crippen molar-refractivity contribution in [2.45, 2.75) is 31.9 Å². The van der Waals surface area contributed by atoms with Crippen LogP contribution in [0.2, 0.25) is 0 Å². The Balaban J connectivity index is 1.73. The maximum absolute atomic E-state index is 13.2. The molecule has 2 heterocycles. The van der Waals surface area contributed by atoms with E-state index >= 15 is 0 Å². The third-order valence-corrected chi connectivity index (χ3v) is 3.60. The van der Waals surface area contributed by atoms with E-state index in [2.05, 4.69) is 5.32 Å². The van der Waals surface area contributed by atoms with E-state index in [0.29, 0.717) is 18.9 Å². The number of ether oxygens (including phenoxy) is 1. The second-order valence-corrected chi connectivity index (χ2v) is 5.07. The summed E-state index contributed by atoms with van der Waals surface area (Å²) in [5, 5.41) is 4.23. The molecule has 0 spiro atoms. The number of hydrogen-bond acceptors (Lipinski definition) is 3. The number of carbonyl (C=O) groups excluding carboxylic acids is 1. The number of halogens is 1. The number of nitrogens with zero attached hydrogens (tertiary/aromatic N) is 1. The molecule has 20 heavy (non-hydrogen) atoms. The lowest BCUT2D eigenvalue weighted by Gasteiger charge is -2.28. The smallest absolute Gasteiger partial charge is 0.341 e. The van der Waals surface area contributed by atoms with Crippen molar-refractivity contribution in [1.29, 1.82) is 0 Å². The molecule has 5 nitrogen and oxygen atoms in total. The van der Waals surface area contributed by atoms with Gasteiger partial charge in [0.2, 0.25) is 0 Å². The van der Waals surface area contributed by atoms with E-state index < -0.39 is 0 Å². The Labute approximate surface area is 116 Å². The Morgan fingerprint density at radius 1 is 1.45 bits per heavy atom. The molecule has 1 aromatic carbocycles. The van der Waals surface area contributed by atoms with Crippen molar-refractivity contribution in [3.05, 3.63) is 29.6 Å². The van der Waals surface area contributed by atoms with E-state index in [-0.39, 0.29) is 24.0 Å². The Morgan fingerprint density at radius 2 is 2.30 bits per heavy atom. The summed E-state index contributed by atoms with van der Waals surface area (Å²) in [6, 6.07) is 3.80. The average molecular weight is 280 g/mol. The van der Waals surface area contributed by atoms with Gasteiger partial charge >= 0.3 is 6.03 Å². The van der Waals surface area contributed by atoms with Gasteiger partial charge in [0.15, 0.2) is 0 Å². The van der Waals surface area contributed by atoms with Gasteiger partial charge in [-0.3, -0.25) is 4.84 Å². The van der Waals surface area contributed by atoms with E-state index in [1.807, 2.05) is 6.92 Å². The van der Waals surface area contributed by atoms with Gasteiger partial charge < -0.3 is 10.1 Å². The van der Waals surface area contributed by atoms with Crippen molar-refractivity contribution in [1.82, 2.24) is 10.4 Å². The molecule has 108 valence electrons. The minimum absolute atomic E-state index is 0.236. The van der Waals surface area contributed by atoms with Crippen molar-refractivity contribution < 1.29 is 18.8 Å². The second kappa shape index (κ2) is 5.28. The van der Waals surface area contributed by atoms with Gasteiger partial charge in [-0.2, -0.15) is 0 Å². The molecule has 0 saturated carbocycles. The molecule has 0 radical (unpaired) electrons. The van der Waals surface area contributed by atoms with Crippen LogP contribution in [0.3, 0.4) is 0 Å². The fourth-order valence-electron chi connectivity index (χ4n) is 2.55. The molecule has 0 aromatic heterocycles. The first-order chi connectivity index (χ1) is 9.65. The number of nitrogens with one attached hydrogen (secondary N) is 1. The van der Waals surface area contributed by atoms with E-state index in [4.69, 9.17) is 9.57 Å². The first-order valence-corrected chi connectivity index (χ1v) is 6.82. The summed E-state index contributed by atoms with van der Waals surface area (Å²) in [7, 11) is 0. The van der Waals surface area contributed by atoms with Gasteiger partial charge in [-0.25, -0.2) is 14.2 Å². The Hall–Kier alpha value is -1.82. The van der Waals surface area contributed by atoms with Crippen molar-refractivity contribution in [3.63, 3.8) is 0 Å². The summed E-state index contributed by atoms with van der Waals surface area (Å²) in [5.41, 5.74) is 0.796. The van der Waals surface area contributed by atoms with Crippen LogP contribution in [0.4, 0.5) is 9.18 Å². The maximum Gasteiger partial charge on any atom is 0.341 e. The summed E-state index contributed by atoms with van der Waals surface area (Å²) >= 11 is 0. The molecule has 6 heteroatoms. The highest BCUT2D eigenvalue weighted by Gasteiger charge is 2.34. The Kier molecular flexibility index (Phi) is 3.48. The van der Waals surface area contributed by atoms with Crippen LogP contribution in [0.15, 0.2) is 18.2 Å². The quantitative estimate of drug-likeness (QED) is 0.859. The molecule has 2 aliphatic heterocycles. The van der Waals surface area contributed by atoms with Crippen molar-refractivity contribution in [2.75, 3.05) is 13.2 Å². The molecule has 2 amide bonds. The summed E-state index contributed by atoms with van der Waals surface area (Å²) < 4.78 is 18.7. The van der Waals surface area contributed by atoms with Gasteiger partial charge in [0.05, 0.1) is 19.2 Å². The van der Waals surface area contributed by atoms with Crippen molar-refractivity contribution >= 4 is 6.03 Å². The highest BCUT2D eigenvalue weighted by molar-refractivity contribution is 5.74. The van der Waals surface area contributed by atoms with Gasteiger partial charge in [0.25, 0.3) is 0 Å². The molecule has 2 atom stereocenters. The van der Waals surface area contributed by atoms with Crippen LogP contribution >= 0.6 is 0 Å². The van der Waals surface area contributed by atoms with Crippen LogP contribution in [0, 0.1) is 5.82 Å². The summed E-state index contributed by atoms with van der Waals surface area (Å²) in [4.78, 5) is 17.4. The van der Waals surface area contributed by atoms with Crippen LogP contribution in [0.5, 0.6) is 5.75 Å². The third kappa shape index (κ3) is 2.43. The highest BCUT2D eigenvalue weighted by Crippen LogP contribution is 2.37. The Bertz CT molecular complexity index is 517. The monoisotopic (exact) mass is 280 g/mol. The summed E-state index contributed by atoms with van der Waals surface area (Å²) in [6.45, 7) is 3.00. The molecular formula is C14H17FN2O3. The number of amides is 2. The number of urea groups is 1. The van der Waals surface area contributed by atoms with Gasteiger partial charge in [-0.05, 0) is 25.8 Å². The number of fused-ring (bicyclic) bond motifs is 1. The third-order valence-electron chi connectivity index (χ3n) is 3.60. The number of hydroxylamine groups is 2. The largest absolute Gasteiger partial charge is 0.488 e. The molecule has 1 fully saturated rings. The Morgan fingerprint density at radius 3 is 3.05 bits per heavy atom. The lowest BCUT2D eigenvalue weighted by molar-refractivity contribution is -0.140. The fraction of sp³-hybridized carbons (Fsp3) is 0.500. The van der Waals surface area contributed by atoms with Crippen LogP contribution in [0.1, 0.15) is 31.4 Å². The molecule has 2 unspecified atom stereocenters. The molecule has 1 aromatic rings. The lowest BCUT2D eigenvalue weighted by atomic mass is 10.0. The van der Waals surface area contributed by atoms with E-state index in [9.17, 15) is 9.18 Å². The minimum Gasteiger partial charge on any atom is -0.488 e. The lowest BCUT2D eigenvalue weighted by Crippen LogP contribution is -2.45. The molecule has 0 aliphatic carbocycles. The average Bonchev–Trinajstić information content (AvgIpc) is 2.75. The zero-order valence-corrected chi connectivity index (χ0v) is 11.3. The minimum atomic E-state index is -0.345. The summed E-state index contributed by atoms with van der Waals surface area (Å²) in [5.74, 6) is 0.143. The predicted molar refractivity (Wildman–Crippen MR) is 69.7 cm³/mol.